The number of methoxy groups -OCH3 is 1. The first-order chi connectivity index (χ1) is 9.31. The number of hydrogen-bond acceptors (Lipinski definition) is 4. The Kier molecular flexibility index (Phi) is 6.01. The van der Waals surface area contributed by atoms with E-state index in [1.165, 1.54) is 13.2 Å². The van der Waals surface area contributed by atoms with Crippen LogP contribution in [0.3, 0.4) is 0 Å². The van der Waals surface area contributed by atoms with Crippen molar-refractivity contribution in [2.45, 2.75) is 32.9 Å². The molecule has 0 atom stereocenters. The molecule has 2 N–H and O–H groups in total. The molecular weight excluding hydrogens is 266 g/mol. The summed E-state index contributed by atoms with van der Waals surface area (Å²) in [6.45, 7) is 4.62. The van der Waals surface area contributed by atoms with Gasteiger partial charge in [0.15, 0.2) is 0 Å². The van der Waals surface area contributed by atoms with Gasteiger partial charge >= 0.3 is 6.61 Å². The van der Waals surface area contributed by atoms with Crippen molar-refractivity contribution < 1.29 is 18.3 Å². The number of benzene rings is 1. The normalized spacial score (nSPS) is 11.6. The lowest BCUT2D eigenvalue weighted by molar-refractivity contribution is -0.0493. The molecule has 0 saturated carbocycles. The maximum absolute atomic E-state index is 12.3. The summed E-state index contributed by atoms with van der Waals surface area (Å²) in [5.41, 5.74) is 0.499. The van der Waals surface area contributed by atoms with Crippen LogP contribution in [0.1, 0.15) is 20.8 Å². The zero-order valence-electron chi connectivity index (χ0n) is 12.3. The van der Waals surface area contributed by atoms with Gasteiger partial charge in [0.1, 0.15) is 11.5 Å². The average Bonchev–Trinajstić information content (AvgIpc) is 2.34. The second-order valence-corrected chi connectivity index (χ2v) is 5.34. The van der Waals surface area contributed by atoms with E-state index in [0.717, 1.165) is 0 Å². The van der Waals surface area contributed by atoms with Crippen LogP contribution in [0.15, 0.2) is 18.2 Å². The van der Waals surface area contributed by atoms with Gasteiger partial charge in [0.05, 0.1) is 12.8 Å². The second-order valence-electron chi connectivity index (χ2n) is 5.34. The molecule has 20 heavy (non-hydrogen) atoms. The number of halogens is 2. The topological polar surface area (TPSA) is 42.5 Å². The van der Waals surface area contributed by atoms with Gasteiger partial charge < -0.3 is 20.1 Å². The Hall–Kier alpha value is -1.56. The van der Waals surface area contributed by atoms with E-state index in [9.17, 15) is 8.78 Å². The van der Waals surface area contributed by atoms with Gasteiger partial charge in [0.2, 0.25) is 0 Å². The number of alkyl halides is 2. The largest absolute Gasteiger partial charge is 0.497 e. The Balaban J connectivity index is 2.65. The lowest BCUT2D eigenvalue weighted by atomic mass is 10.1. The van der Waals surface area contributed by atoms with Gasteiger partial charge in [0, 0.05) is 24.7 Å². The fourth-order valence-corrected chi connectivity index (χ4v) is 1.61. The Bertz CT molecular complexity index is 420. The molecule has 0 radical (unpaired) electrons. The Morgan fingerprint density at radius 1 is 1.20 bits per heavy atom. The van der Waals surface area contributed by atoms with Crippen molar-refractivity contribution in [2.75, 3.05) is 25.5 Å². The minimum Gasteiger partial charge on any atom is -0.497 e. The van der Waals surface area contributed by atoms with Crippen molar-refractivity contribution in [3.05, 3.63) is 18.2 Å². The molecule has 0 aliphatic heterocycles. The van der Waals surface area contributed by atoms with E-state index in [4.69, 9.17) is 4.74 Å². The Labute approximate surface area is 118 Å². The number of anilines is 1. The van der Waals surface area contributed by atoms with Gasteiger partial charge in [-0.15, -0.1) is 0 Å². The zero-order chi connectivity index (χ0) is 15.2. The van der Waals surface area contributed by atoms with Crippen LogP contribution in [0.2, 0.25) is 0 Å². The summed E-state index contributed by atoms with van der Waals surface area (Å²) >= 11 is 0. The summed E-state index contributed by atoms with van der Waals surface area (Å²) in [5.74, 6) is 0.689. The average molecular weight is 288 g/mol. The maximum Gasteiger partial charge on any atom is 0.387 e. The van der Waals surface area contributed by atoms with Crippen molar-refractivity contribution in [3.8, 4) is 11.5 Å². The third-order valence-corrected chi connectivity index (χ3v) is 2.50. The molecule has 1 aromatic carbocycles. The monoisotopic (exact) mass is 288 g/mol. The lowest BCUT2D eigenvalue weighted by Gasteiger charge is -2.21. The molecule has 0 bridgehead atoms. The predicted molar refractivity (Wildman–Crippen MR) is 75.9 cm³/mol. The number of ether oxygens (including phenoxy) is 2. The fraction of sp³-hybridized carbons (Fsp3) is 0.571. The molecule has 0 aliphatic rings. The first-order valence-electron chi connectivity index (χ1n) is 6.43. The van der Waals surface area contributed by atoms with E-state index in [1.54, 1.807) is 12.1 Å². The molecular formula is C14H22F2N2O2. The third kappa shape index (κ3) is 6.06. The number of rotatable bonds is 7. The van der Waals surface area contributed by atoms with E-state index in [1.807, 2.05) is 0 Å². The Morgan fingerprint density at radius 2 is 1.90 bits per heavy atom. The molecule has 0 saturated heterocycles. The molecule has 0 amide bonds. The summed E-state index contributed by atoms with van der Waals surface area (Å²) in [5, 5.41) is 6.36. The molecule has 6 heteroatoms. The molecule has 0 unspecified atom stereocenters. The zero-order valence-corrected chi connectivity index (χ0v) is 12.3. The van der Waals surface area contributed by atoms with Crippen molar-refractivity contribution >= 4 is 5.69 Å². The third-order valence-electron chi connectivity index (χ3n) is 2.50. The van der Waals surface area contributed by atoms with Crippen molar-refractivity contribution in [3.63, 3.8) is 0 Å². The fourth-order valence-electron chi connectivity index (χ4n) is 1.61. The summed E-state index contributed by atoms with van der Waals surface area (Å²) in [6, 6.07) is 4.68. The number of nitrogens with one attached hydrogen (secondary N) is 2. The standard InChI is InChI=1S/C14H22F2N2O2/c1-14(2,3)18-8-7-17-11-9-10(19-4)5-6-12(11)20-13(15)16/h5-6,9,13,17-18H,7-8H2,1-4H3. The van der Waals surface area contributed by atoms with E-state index in [-0.39, 0.29) is 11.3 Å². The van der Waals surface area contributed by atoms with Crippen LogP contribution >= 0.6 is 0 Å². The molecule has 0 fully saturated rings. The predicted octanol–water partition coefficient (Wildman–Crippen LogP) is 3.10. The maximum atomic E-state index is 12.3. The SMILES string of the molecule is COc1ccc(OC(F)F)c(NCCNC(C)(C)C)c1. The van der Waals surface area contributed by atoms with E-state index < -0.39 is 6.61 Å². The van der Waals surface area contributed by atoms with E-state index >= 15 is 0 Å². The van der Waals surface area contributed by atoms with Crippen LogP contribution in [0, 0.1) is 0 Å². The van der Waals surface area contributed by atoms with Gasteiger partial charge in [-0.2, -0.15) is 8.78 Å². The first kappa shape index (κ1) is 16.5. The molecule has 1 aromatic rings. The van der Waals surface area contributed by atoms with Crippen LogP contribution < -0.4 is 20.1 Å². The molecule has 1 rings (SSSR count). The van der Waals surface area contributed by atoms with Gasteiger partial charge in [-0.1, -0.05) is 0 Å². The molecule has 4 nitrogen and oxygen atoms in total. The van der Waals surface area contributed by atoms with Crippen molar-refractivity contribution in [1.29, 1.82) is 0 Å². The van der Waals surface area contributed by atoms with Crippen LogP contribution in [0.5, 0.6) is 11.5 Å². The smallest absolute Gasteiger partial charge is 0.387 e. The summed E-state index contributed by atoms with van der Waals surface area (Å²) in [7, 11) is 1.52. The highest BCUT2D eigenvalue weighted by Crippen LogP contribution is 2.30. The quantitative estimate of drug-likeness (QED) is 0.757. The summed E-state index contributed by atoms with van der Waals surface area (Å²) in [6.07, 6.45) is 0. The van der Waals surface area contributed by atoms with Crippen molar-refractivity contribution in [2.24, 2.45) is 0 Å². The molecule has 0 aliphatic carbocycles. The highest BCUT2D eigenvalue weighted by molar-refractivity contribution is 5.59. The minimum atomic E-state index is -2.85. The molecule has 0 aromatic heterocycles. The summed E-state index contributed by atoms with van der Waals surface area (Å²) < 4.78 is 34.2. The number of hydrogen-bond donors (Lipinski definition) is 2. The van der Waals surface area contributed by atoms with Crippen LogP contribution in [-0.4, -0.2) is 32.3 Å². The van der Waals surface area contributed by atoms with Crippen LogP contribution in [0.4, 0.5) is 14.5 Å². The van der Waals surface area contributed by atoms with Gasteiger partial charge in [-0.3, -0.25) is 0 Å². The highest BCUT2D eigenvalue weighted by atomic mass is 19.3. The van der Waals surface area contributed by atoms with Crippen LogP contribution in [-0.2, 0) is 0 Å². The molecule has 0 heterocycles. The van der Waals surface area contributed by atoms with E-state index in [2.05, 4.69) is 36.1 Å². The Morgan fingerprint density at radius 3 is 2.45 bits per heavy atom. The van der Waals surface area contributed by atoms with Crippen molar-refractivity contribution in [1.82, 2.24) is 5.32 Å². The van der Waals surface area contributed by atoms with Gasteiger partial charge in [-0.05, 0) is 32.9 Å². The lowest BCUT2D eigenvalue weighted by Crippen LogP contribution is -2.38. The first-order valence-corrected chi connectivity index (χ1v) is 6.43. The minimum absolute atomic E-state index is 0.0123. The summed E-state index contributed by atoms with van der Waals surface area (Å²) in [4.78, 5) is 0. The van der Waals surface area contributed by atoms with Gasteiger partial charge in [0.25, 0.3) is 0 Å². The molecule has 0 spiro atoms. The highest BCUT2D eigenvalue weighted by Gasteiger charge is 2.11. The molecule has 114 valence electrons. The van der Waals surface area contributed by atoms with E-state index in [0.29, 0.717) is 24.5 Å². The van der Waals surface area contributed by atoms with Gasteiger partial charge in [-0.25, -0.2) is 0 Å². The van der Waals surface area contributed by atoms with Crippen LogP contribution in [0.25, 0.3) is 0 Å². The second kappa shape index (κ2) is 7.28.